The van der Waals surface area contributed by atoms with E-state index in [9.17, 15) is 8.42 Å². The summed E-state index contributed by atoms with van der Waals surface area (Å²) in [6.45, 7) is 7.11. The molecule has 5 nitrogen and oxygen atoms in total. The zero-order valence-corrected chi connectivity index (χ0v) is 13.6. The second-order valence-electron chi connectivity index (χ2n) is 5.95. The van der Waals surface area contributed by atoms with E-state index >= 15 is 0 Å². The van der Waals surface area contributed by atoms with E-state index in [0.717, 1.165) is 32.5 Å². The number of piperidine rings is 1. The van der Waals surface area contributed by atoms with Crippen molar-refractivity contribution in [3.8, 4) is 0 Å². The fraction of sp³-hybridized carbons (Fsp3) is 0.600. The largest absolute Gasteiger partial charge is 0.368 e. The molecular weight excluding hydrogens is 286 g/mol. The highest BCUT2D eigenvalue weighted by molar-refractivity contribution is 7.89. The van der Waals surface area contributed by atoms with E-state index in [0.29, 0.717) is 11.6 Å². The van der Waals surface area contributed by atoms with E-state index in [1.807, 2.05) is 12.1 Å². The van der Waals surface area contributed by atoms with Crippen LogP contribution in [0.3, 0.4) is 0 Å². The minimum atomic E-state index is -3.71. The van der Waals surface area contributed by atoms with Crippen LogP contribution in [0.1, 0.15) is 26.7 Å². The molecular formula is C15H25N3O2S. The van der Waals surface area contributed by atoms with Crippen LogP contribution in [0.4, 0.5) is 5.69 Å². The zero-order chi connectivity index (χ0) is 15.5. The number of nitrogens with one attached hydrogen (secondary N) is 1. The quantitative estimate of drug-likeness (QED) is 0.865. The molecule has 0 bridgehead atoms. The molecule has 0 radical (unpaired) electrons. The van der Waals surface area contributed by atoms with Gasteiger partial charge in [0.25, 0.3) is 0 Å². The molecule has 3 N–H and O–H groups in total. The Hall–Kier alpha value is -1.11. The van der Waals surface area contributed by atoms with Crippen LogP contribution < -0.4 is 15.4 Å². The van der Waals surface area contributed by atoms with Gasteiger partial charge in [-0.25, -0.2) is 13.6 Å². The molecule has 21 heavy (non-hydrogen) atoms. The van der Waals surface area contributed by atoms with Gasteiger partial charge in [-0.3, -0.25) is 0 Å². The fourth-order valence-electron chi connectivity index (χ4n) is 2.86. The lowest BCUT2D eigenvalue weighted by Crippen LogP contribution is -2.40. The number of hydrogen-bond donors (Lipinski definition) is 2. The third-order valence-electron chi connectivity index (χ3n) is 4.02. The fourth-order valence-corrected chi connectivity index (χ4v) is 3.61. The SMILES string of the molecule is CC(C)N(CC1CCNCC1)c1ccccc1S(N)(=O)=O. The molecule has 1 aliphatic heterocycles. The molecule has 1 saturated heterocycles. The van der Waals surface area contributed by atoms with E-state index < -0.39 is 10.0 Å². The molecule has 0 amide bonds. The van der Waals surface area contributed by atoms with E-state index in [1.54, 1.807) is 12.1 Å². The van der Waals surface area contributed by atoms with Crippen molar-refractivity contribution in [2.24, 2.45) is 11.1 Å². The van der Waals surface area contributed by atoms with Crippen molar-refractivity contribution in [3.05, 3.63) is 24.3 Å². The molecule has 1 aromatic carbocycles. The summed E-state index contributed by atoms with van der Waals surface area (Å²) in [5.41, 5.74) is 0.716. The molecule has 6 heteroatoms. The summed E-state index contributed by atoms with van der Waals surface area (Å²) in [5.74, 6) is 0.585. The average molecular weight is 311 g/mol. The monoisotopic (exact) mass is 311 g/mol. The van der Waals surface area contributed by atoms with Gasteiger partial charge in [-0.05, 0) is 57.8 Å². The Balaban J connectivity index is 2.30. The summed E-state index contributed by atoms with van der Waals surface area (Å²) in [6.07, 6.45) is 2.25. The van der Waals surface area contributed by atoms with E-state index in [4.69, 9.17) is 5.14 Å². The predicted molar refractivity (Wildman–Crippen MR) is 85.9 cm³/mol. The lowest BCUT2D eigenvalue weighted by Gasteiger charge is -2.35. The van der Waals surface area contributed by atoms with E-state index in [-0.39, 0.29) is 10.9 Å². The molecule has 1 heterocycles. The van der Waals surface area contributed by atoms with Crippen LogP contribution in [0.25, 0.3) is 0 Å². The lowest BCUT2D eigenvalue weighted by molar-refractivity contribution is 0.367. The number of sulfonamides is 1. The van der Waals surface area contributed by atoms with Crippen LogP contribution in [0.15, 0.2) is 29.2 Å². The van der Waals surface area contributed by atoms with Crippen molar-refractivity contribution in [2.45, 2.75) is 37.6 Å². The van der Waals surface area contributed by atoms with Crippen molar-refractivity contribution < 1.29 is 8.42 Å². The summed E-state index contributed by atoms with van der Waals surface area (Å²) < 4.78 is 23.6. The number of anilines is 1. The molecule has 0 aliphatic carbocycles. The standard InChI is InChI=1S/C15H25N3O2S/c1-12(2)18(11-13-7-9-17-10-8-13)14-5-3-4-6-15(14)21(16,19)20/h3-6,12-13,17H,7-11H2,1-2H3,(H2,16,19,20). The Labute approximate surface area is 127 Å². The number of para-hydroxylation sites is 1. The van der Waals surface area contributed by atoms with Crippen LogP contribution in [-0.2, 0) is 10.0 Å². The topological polar surface area (TPSA) is 75.4 Å². The number of benzene rings is 1. The van der Waals surface area contributed by atoms with Gasteiger partial charge in [-0.1, -0.05) is 12.1 Å². The molecule has 1 aromatic rings. The Bertz CT molecular complexity index is 566. The second kappa shape index (κ2) is 6.77. The van der Waals surface area contributed by atoms with E-state index in [1.165, 1.54) is 0 Å². The van der Waals surface area contributed by atoms with Gasteiger partial charge in [0.1, 0.15) is 4.90 Å². The first-order chi connectivity index (χ1) is 9.89. The second-order valence-corrected chi connectivity index (χ2v) is 7.48. The summed E-state index contributed by atoms with van der Waals surface area (Å²) in [4.78, 5) is 2.38. The molecule has 1 aliphatic rings. The maximum absolute atomic E-state index is 11.8. The van der Waals surface area contributed by atoms with Gasteiger partial charge in [-0.15, -0.1) is 0 Å². The normalized spacial score (nSPS) is 17.1. The Kier molecular flexibility index (Phi) is 5.24. The van der Waals surface area contributed by atoms with Gasteiger partial charge in [0.05, 0.1) is 5.69 Å². The number of primary sulfonamides is 1. The molecule has 0 atom stereocenters. The van der Waals surface area contributed by atoms with E-state index in [2.05, 4.69) is 24.1 Å². The maximum Gasteiger partial charge on any atom is 0.240 e. The van der Waals surface area contributed by atoms with Gasteiger partial charge < -0.3 is 10.2 Å². The zero-order valence-electron chi connectivity index (χ0n) is 12.7. The third kappa shape index (κ3) is 4.18. The molecule has 0 saturated carbocycles. The summed E-state index contributed by atoms with van der Waals surface area (Å²) >= 11 is 0. The first-order valence-electron chi connectivity index (χ1n) is 7.49. The van der Waals surface area contributed by atoms with Crippen molar-refractivity contribution >= 4 is 15.7 Å². The predicted octanol–water partition coefficient (Wildman–Crippen LogP) is 1.55. The highest BCUT2D eigenvalue weighted by atomic mass is 32.2. The van der Waals surface area contributed by atoms with Gasteiger partial charge in [0, 0.05) is 12.6 Å². The van der Waals surface area contributed by atoms with Gasteiger partial charge in [0.15, 0.2) is 0 Å². The van der Waals surface area contributed by atoms with Crippen molar-refractivity contribution in [3.63, 3.8) is 0 Å². The number of nitrogens with zero attached hydrogens (tertiary/aromatic N) is 1. The lowest BCUT2D eigenvalue weighted by atomic mass is 9.96. The van der Waals surface area contributed by atoms with Crippen LogP contribution in [0.5, 0.6) is 0 Å². The highest BCUT2D eigenvalue weighted by Crippen LogP contribution is 2.28. The molecule has 2 rings (SSSR count). The Morgan fingerprint density at radius 2 is 1.90 bits per heavy atom. The molecule has 0 spiro atoms. The molecule has 1 fully saturated rings. The Morgan fingerprint density at radius 1 is 1.29 bits per heavy atom. The van der Waals surface area contributed by atoms with Crippen LogP contribution in [0.2, 0.25) is 0 Å². The third-order valence-corrected chi connectivity index (χ3v) is 4.98. The minimum Gasteiger partial charge on any atom is -0.368 e. The number of nitrogens with two attached hydrogens (primary N) is 1. The van der Waals surface area contributed by atoms with Crippen molar-refractivity contribution in [1.29, 1.82) is 0 Å². The highest BCUT2D eigenvalue weighted by Gasteiger charge is 2.23. The minimum absolute atomic E-state index is 0.215. The first-order valence-corrected chi connectivity index (χ1v) is 9.03. The summed E-state index contributed by atoms with van der Waals surface area (Å²) in [7, 11) is -3.71. The first kappa shape index (κ1) is 16.3. The molecule has 0 aromatic heterocycles. The van der Waals surface area contributed by atoms with Crippen LogP contribution in [0, 0.1) is 5.92 Å². The number of rotatable bonds is 5. The number of hydrogen-bond acceptors (Lipinski definition) is 4. The van der Waals surface area contributed by atoms with Crippen LogP contribution in [-0.4, -0.2) is 34.1 Å². The summed E-state index contributed by atoms with van der Waals surface area (Å²) in [5, 5.41) is 8.72. The van der Waals surface area contributed by atoms with Crippen LogP contribution >= 0.6 is 0 Å². The Morgan fingerprint density at radius 3 is 2.48 bits per heavy atom. The summed E-state index contributed by atoms with van der Waals surface area (Å²) in [6, 6.07) is 7.24. The van der Waals surface area contributed by atoms with Gasteiger partial charge >= 0.3 is 0 Å². The van der Waals surface area contributed by atoms with Gasteiger partial charge in [-0.2, -0.15) is 0 Å². The van der Waals surface area contributed by atoms with Crippen molar-refractivity contribution in [2.75, 3.05) is 24.5 Å². The smallest absolute Gasteiger partial charge is 0.240 e. The van der Waals surface area contributed by atoms with Crippen molar-refractivity contribution in [1.82, 2.24) is 5.32 Å². The maximum atomic E-state index is 11.8. The average Bonchev–Trinajstić information content (AvgIpc) is 2.45. The molecule has 0 unspecified atom stereocenters. The molecule has 118 valence electrons. The van der Waals surface area contributed by atoms with Gasteiger partial charge in [0.2, 0.25) is 10.0 Å².